The van der Waals surface area contributed by atoms with Crippen LogP contribution in [0.4, 0.5) is 0 Å². The van der Waals surface area contributed by atoms with E-state index < -0.39 is 0 Å². The molecule has 1 saturated heterocycles. The minimum absolute atomic E-state index is 0.0355. The minimum Gasteiger partial charge on any atom is -0.354 e. The Morgan fingerprint density at radius 3 is 2.24 bits per heavy atom. The number of nitrogens with one attached hydrogen (secondary N) is 1. The molecule has 0 bridgehead atoms. The molecule has 1 fully saturated rings. The molecule has 0 atom stereocenters. The fraction of sp³-hybridized carbons (Fsp3) is 0.333. The largest absolute Gasteiger partial charge is 0.354 e. The molecule has 2 aromatic rings. The lowest BCUT2D eigenvalue weighted by atomic mass is 10.1. The molecule has 2 aromatic carbocycles. The third-order valence-corrected chi connectivity index (χ3v) is 4.08. The van der Waals surface area contributed by atoms with Gasteiger partial charge in [-0.3, -0.25) is 9.59 Å². The molecular formula is C21H26N2O2. The van der Waals surface area contributed by atoms with Gasteiger partial charge >= 0.3 is 0 Å². The number of carbonyl (C=O) groups is 2. The van der Waals surface area contributed by atoms with E-state index in [0.717, 1.165) is 6.42 Å². The summed E-state index contributed by atoms with van der Waals surface area (Å²) in [5, 5.41) is 2.77. The van der Waals surface area contributed by atoms with Crippen molar-refractivity contribution in [2.45, 2.75) is 26.2 Å². The monoisotopic (exact) mass is 338 g/mol. The third kappa shape index (κ3) is 7.21. The summed E-state index contributed by atoms with van der Waals surface area (Å²) in [6.07, 6.45) is 1.69. The van der Waals surface area contributed by atoms with Crippen LogP contribution < -0.4 is 5.32 Å². The van der Waals surface area contributed by atoms with Crippen molar-refractivity contribution < 1.29 is 9.59 Å². The summed E-state index contributed by atoms with van der Waals surface area (Å²) in [4.78, 5) is 25.0. The van der Waals surface area contributed by atoms with Gasteiger partial charge in [0.1, 0.15) is 0 Å². The van der Waals surface area contributed by atoms with Crippen LogP contribution in [0.5, 0.6) is 0 Å². The summed E-state index contributed by atoms with van der Waals surface area (Å²) in [6, 6.07) is 20.2. The van der Waals surface area contributed by atoms with E-state index in [0.29, 0.717) is 32.5 Å². The number of nitrogens with zero attached hydrogens (tertiary/aromatic N) is 1. The summed E-state index contributed by atoms with van der Waals surface area (Å²) in [7, 11) is 0. The first-order valence-electron chi connectivity index (χ1n) is 8.75. The molecule has 4 nitrogen and oxygen atoms in total. The number of benzene rings is 2. The highest BCUT2D eigenvalue weighted by Crippen LogP contribution is 2.06. The second kappa shape index (κ2) is 10.3. The molecule has 0 radical (unpaired) electrons. The van der Waals surface area contributed by atoms with Crippen LogP contribution in [0.25, 0.3) is 0 Å². The molecule has 4 heteroatoms. The van der Waals surface area contributed by atoms with Crippen LogP contribution in [0.15, 0.2) is 60.7 Å². The molecule has 1 aliphatic heterocycles. The highest BCUT2D eigenvalue weighted by Gasteiger charge is 2.17. The Labute approximate surface area is 149 Å². The van der Waals surface area contributed by atoms with Crippen LogP contribution in [-0.2, 0) is 16.0 Å². The van der Waals surface area contributed by atoms with Crippen LogP contribution in [0.3, 0.4) is 0 Å². The van der Waals surface area contributed by atoms with E-state index in [9.17, 15) is 9.59 Å². The standard InChI is InChI=1S/C14H18N2O2.C7H8/c17-13-8-10-16(11-9-15-13)14(18)7-6-12-4-2-1-3-5-12;1-7-5-3-2-4-6-7/h1-5H,6-11H2,(H,15,17);2-6H,1H3. The molecule has 0 spiro atoms. The second-order valence-corrected chi connectivity index (χ2v) is 6.12. The van der Waals surface area contributed by atoms with E-state index in [1.807, 2.05) is 48.5 Å². The van der Waals surface area contributed by atoms with E-state index in [1.54, 1.807) is 4.90 Å². The first-order valence-corrected chi connectivity index (χ1v) is 8.75. The van der Waals surface area contributed by atoms with Gasteiger partial charge in [0.05, 0.1) is 0 Å². The van der Waals surface area contributed by atoms with Gasteiger partial charge in [0.25, 0.3) is 0 Å². The Bertz CT molecular complexity index is 656. The molecule has 132 valence electrons. The predicted octanol–water partition coefficient (Wildman–Crippen LogP) is 2.96. The lowest BCUT2D eigenvalue weighted by Gasteiger charge is -2.19. The van der Waals surface area contributed by atoms with Crippen LogP contribution >= 0.6 is 0 Å². The predicted molar refractivity (Wildman–Crippen MR) is 100 cm³/mol. The van der Waals surface area contributed by atoms with Gasteiger partial charge in [-0.25, -0.2) is 0 Å². The minimum atomic E-state index is 0.0355. The molecule has 0 aliphatic carbocycles. The highest BCUT2D eigenvalue weighted by atomic mass is 16.2. The second-order valence-electron chi connectivity index (χ2n) is 6.12. The van der Waals surface area contributed by atoms with Crippen molar-refractivity contribution in [2.24, 2.45) is 0 Å². The maximum absolute atomic E-state index is 12.0. The Morgan fingerprint density at radius 2 is 1.64 bits per heavy atom. The fourth-order valence-corrected chi connectivity index (χ4v) is 2.60. The van der Waals surface area contributed by atoms with Gasteiger partial charge in [0, 0.05) is 32.5 Å². The van der Waals surface area contributed by atoms with Crippen molar-refractivity contribution in [3.63, 3.8) is 0 Å². The maximum Gasteiger partial charge on any atom is 0.222 e. The molecule has 1 aliphatic rings. The molecule has 0 saturated carbocycles. The topological polar surface area (TPSA) is 49.4 Å². The first kappa shape index (κ1) is 18.7. The maximum atomic E-state index is 12.0. The number of hydrogen-bond donors (Lipinski definition) is 1. The lowest BCUT2D eigenvalue weighted by Crippen LogP contribution is -2.34. The Hall–Kier alpha value is -2.62. The average molecular weight is 338 g/mol. The fourth-order valence-electron chi connectivity index (χ4n) is 2.60. The van der Waals surface area contributed by atoms with Gasteiger partial charge in [0.2, 0.25) is 11.8 Å². The van der Waals surface area contributed by atoms with Gasteiger partial charge in [-0.15, -0.1) is 0 Å². The molecule has 3 rings (SSSR count). The van der Waals surface area contributed by atoms with Crippen LogP contribution in [-0.4, -0.2) is 36.3 Å². The number of amides is 2. The summed E-state index contributed by atoms with van der Waals surface area (Å²) >= 11 is 0. The van der Waals surface area contributed by atoms with Crippen molar-refractivity contribution in [1.29, 1.82) is 0 Å². The van der Waals surface area contributed by atoms with Crippen molar-refractivity contribution in [3.8, 4) is 0 Å². The molecule has 0 unspecified atom stereocenters. The van der Waals surface area contributed by atoms with Gasteiger partial charge in [-0.2, -0.15) is 0 Å². The third-order valence-electron chi connectivity index (χ3n) is 4.08. The Morgan fingerprint density at radius 1 is 1.00 bits per heavy atom. The number of carbonyl (C=O) groups excluding carboxylic acids is 2. The Kier molecular flexibility index (Phi) is 7.70. The summed E-state index contributed by atoms with van der Waals surface area (Å²) in [5.41, 5.74) is 2.50. The van der Waals surface area contributed by atoms with Crippen LogP contribution in [0.2, 0.25) is 0 Å². The van der Waals surface area contributed by atoms with Crippen LogP contribution in [0, 0.1) is 6.92 Å². The van der Waals surface area contributed by atoms with Crippen LogP contribution in [0.1, 0.15) is 24.0 Å². The zero-order chi connectivity index (χ0) is 17.9. The molecule has 1 N–H and O–H groups in total. The van der Waals surface area contributed by atoms with Gasteiger partial charge < -0.3 is 10.2 Å². The van der Waals surface area contributed by atoms with Crippen molar-refractivity contribution in [3.05, 3.63) is 71.8 Å². The quantitative estimate of drug-likeness (QED) is 0.935. The normalized spacial score (nSPS) is 14.0. The van der Waals surface area contributed by atoms with Crippen molar-refractivity contribution in [1.82, 2.24) is 10.2 Å². The smallest absolute Gasteiger partial charge is 0.222 e. The van der Waals surface area contributed by atoms with E-state index in [1.165, 1.54) is 11.1 Å². The zero-order valence-electron chi connectivity index (χ0n) is 14.8. The number of hydrogen-bond acceptors (Lipinski definition) is 2. The lowest BCUT2D eigenvalue weighted by molar-refractivity contribution is -0.131. The molecule has 2 amide bonds. The van der Waals surface area contributed by atoms with Gasteiger partial charge in [0.15, 0.2) is 0 Å². The van der Waals surface area contributed by atoms with E-state index >= 15 is 0 Å². The summed E-state index contributed by atoms with van der Waals surface area (Å²) in [5.74, 6) is 0.170. The zero-order valence-corrected chi connectivity index (χ0v) is 14.8. The Balaban J connectivity index is 0.000000269. The number of rotatable bonds is 3. The van der Waals surface area contributed by atoms with Gasteiger partial charge in [-0.05, 0) is 18.9 Å². The van der Waals surface area contributed by atoms with E-state index in [4.69, 9.17) is 0 Å². The molecule has 25 heavy (non-hydrogen) atoms. The summed E-state index contributed by atoms with van der Waals surface area (Å²) in [6.45, 7) is 3.81. The highest BCUT2D eigenvalue weighted by molar-refractivity contribution is 5.80. The van der Waals surface area contributed by atoms with Gasteiger partial charge in [-0.1, -0.05) is 66.2 Å². The van der Waals surface area contributed by atoms with E-state index in [-0.39, 0.29) is 11.8 Å². The molecule has 1 heterocycles. The first-order chi connectivity index (χ1) is 12.1. The average Bonchev–Trinajstić information content (AvgIpc) is 2.86. The summed E-state index contributed by atoms with van der Waals surface area (Å²) < 4.78 is 0. The van der Waals surface area contributed by atoms with E-state index in [2.05, 4.69) is 24.4 Å². The van der Waals surface area contributed by atoms with Crippen molar-refractivity contribution in [2.75, 3.05) is 19.6 Å². The molecule has 0 aromatic heterocycles. The SMILES string of the molecule is Cc1ccccc1.O=C1CCN(C(=O)CCc2ccccc2)CCN1. The van der Waals surface area contributed by atoms with Crippen molar-refractivity contribution >= 4 is 11.8 Å². The number of aryl methyl sites for hydroxylation is 2. The molecular weight excluding hydrogens is 312 g/mol.